The maximum Gasteiger partial charge on any atom is 0.221 e. The van der Waals surface area contributed by atoms with Gasteiger partial charge in [0, 0.05) is 43.1 Å². The highest BCUT2D eigenvalue weighted by Crippen LogP contribution is 2.28. The van der Waals surface area contributed by atoms with Crippen molar-refractivity contribution in [3.63, 3.8) is 0 Å². The first-order chi connectivity index (χ1) is 10.2. The summed E-state index contributed by atoms with van der Waals surface area (Å²) in [6.07, 6.45) is 7.35. The smallest absolute Gasteiger partial charge is 0.221 e. The third-order valence-electron chi connectivity index (χ3n) is 4.80. The summed E-state index contributed by atoms with van der Waals surface area (Å²) >= 11 is 1.95. The van der Waals surface area contributed by atoms with Gasteiger partial charge in [0.15, 0.2) is 0 Å². The minimum absolute atomic E-state index is 0. The van der Waals surface area contributed by atoms with E-state index in [0.29, 0.717) is 18.5 Å². The van der Waals surface area contributed by atoms with Crippen LogP contribution in [-0.2, 0) is 4.79 Å². The SMILES string of the molecule is CN(C)C(CNC(=O)CC1CSCCN1)C1CCCCC1.Cl.Cl. The predicted molar refractivity (Wildman–Crippen MR) is 105 cm³/mol. The van der Waals surface area contributed by atoms with Gasteiger partial charge in [-0.05, 0) is 32.9 Å². The summed E-state index contributed by atoms with van der Waals surface area (Å²) < 4.78 is 0. The zero-order valence-corrected chi connectivity index (χ0v) is 16.8. The van der Waals surface area contributed by atoms with Gasteiger partial charge in [-0.15, -0.1) is 24.8 Å². The van der Waals surface area contributed by atoms with Crippen molar-refractivity contribution in [2.24, 2.45) is 5.92 Å². The lowest BCUT2D eigenvalue weighted by Gasteiger charge is -2.35. The van der Waals surface area contributed by atoms with Crippen LogP contribution >= 0.6 is 36.6 Å². The Morgan fingerprint density at radius 1 is 1.26 bits per heavy atom. The maximum absolute atomic E-state index is 12.1. The molecule has 138 valence electrons. The molecule has 0 bridgehead atoms. The van der Waals surface area contributed by atoms with E-state index in [-0.39, 0.29) is 30.7 Å². The number of amides is 1. The van der Waals surface area contributed by atoms with Crippen molar-refractivity contribution in [2.75, 3.05) is 38.7 Å². The number of likely N-dealkylation sites (N-methyl/N-ethyl adjacent to an activating group) is 1. The molecule has 0 spiro atoms. The normalized spacial score (nSPS) is 23.5. The first kappa shape index (κ1) is 23.3. The minimum Gasteiger partial charge on any atom is -0.354 e. The summed E-state index contributed by atoms with van der Waals surface area (Å²) in [6, 6.07) is 0.846. The lowest BCUT2D eigenvalue weighted by molar-refractivity contribution is -0.121. The Labute approximate surface area is 158 Å². The van der Waals surface area contributed by atoms with Gasteiger partial charge in [0.25, 0.3) is 0 Å². The van der Waals surface area contributed by atoms with Crippen LogP contribution in [-0.4, -0.2) is 61.6 Å². The monoisotopic (exact) mass is 385 g/mol. The van der Waals surface area contributed by atoms with Gasteiger partial charge >= 0.3 is 0 Å². The number of carbonyl (C=O) groups is 1. The number of rotatable bonds is 6. The van der Waals surface area contributed by atoms with E-state index < -0.39 is 0 Å². The van der Waals surface area contributed by atoms with Crippen molar-refractivity contribution < 1.29 is 4.79 Å². The van der Waals surface area contributed by atoms with Crippen molar-refractivity contribution in [1.82, 2.24) is 15.5 Å². The highest BCUT2D eigenvalue weighted by Gasteiger charge is 2.26. The van der Waals surface area contributed by atoms with Crippen LogP contribution in [0.25, 0.3) is 0 Å². The second-order valence-corrected chi connectivity index (χ2v) is 7.81. The molecule has 2 atom stereocenters. The average molecular weight is 386 g/mol. The van der Waals surface area contributed by atoms with Crippen molar-refractivity contribution in [1.29, 1.82) is 0 Å². The van der Waals surface area contributed by atoms with Crippen LogP contribution in [0.4, 0.5) is 0 Å². The van der Waals surface area contributed by atoms with Crippen molar-refractivity contribution in [3.05, 3.63) is 0 Å². The Hall–Kier alpha value is 0.320. The molecule has 1 aliphatic heterocycles. The number of hydrogen-bond donors (Lipinski definition) is 2. The summed E-state index contributed by atoms with van der Waals surface area (Å²) in [5.74, 6) is 3.19. The van der Waals surface area contributed by atoms with Crippen LogP contribution in [0.3, 0.4) is 0 Å². The van der Waals surface area contributed by atoms with Crippen LogP contribution in [0.2, 0.25) is 0 Å². The average Bonchev–Trinajstić information content (AvgIpc) is 2.49. The fraction of sp³-hybridized carbons (Fsp3) is 0.938. The molecule has 0 aromatic heterocycles. The number of hydrogen-bond acceptors (Lipinski definition) is 4. The van der Waals surface area contributed by atoms with Gasteiger partial charge < -0.3 is 15.5 Å². The fourth-order valence-corrected chi connectivity index (χ4v) is 4.50. The first-order valence-corrected chi connectivity index (χ1v) is 9.56. The van der Waals surface area contributed by atoms with E-state index in [0.717, 1.165) is 24.8 Å². The molecule has 4 nitrogen and oxygen atoms in total. The summed E-state index contributed by atoms with van der Waals surface area (Å²) in [7, 11) is 4.29. The van der Waals surface area contributed by atoms with Gasteiger partial charge in [-0.1, -0.05) is 19.3 Å². The van der Waals surface area contributed by atoms with Crippen molar-refractivity contribution in [2.45, 2.75) is 50.6 Å². The Bertz CT molecular complexity index is 322. The number of nitrogens with one attached hydrogen (secondary N) is 2. The first-order valence-electron chi connectivity index (χ1n) is 8.41. The van der Waals surface area contributed by atoms with Gasteiger partial charge in [0.05, 0.1) is 0 Å². The molecule has 2 unspecified atom stereocenters. The van der Waals surface area contributed by atoms with Crippen LogP contribution in [0.5, 0.6) is 0 Å². The van der Waals surface area contributed by atoms with E-state index in [1.165, 1.54) is 37.9 Å². The van der Waals surface area contributed by atoms with Gasteiger partial charge in [-0.25, -0.2) is 0 Å². The van der Waals surface area contributed by atoms with Crippen LogP contribution in [0.15, 0.2) is 0 Å². The number of thioether (sulfide) groups is 1. The Balaban J connectivity index is 0.00000242. The zero-order chi connectivity index (χ0) is 15.1. The third-order valence-corrected chi connectivity index (χ3v) is 5.93. The molecule has 7 heteroatoms. The van der Waals surface area contributed by atoms with Gasteiger partial charge in [0.2, 0.25) is 5.91 Å². The molecule has 23 heavy (non-hydrogen) atoms. The van der Waals surface area contributed by atoms with Gasteiger partial charge in [-0.2, -0.15) is 11.8 Å². The third kappa shape index (κ3) is 8.30. The second-order valence-electron chi connectivity index (χ2n) is 6.66. The van der Waals surface area contributed by atoms with Crippen molar-refractivity contribution >= 4 is 42.5 Å². The molecule has 0 aromatic carbocycles. The van der Waals surface area contributed by atoms with Crippen LogP contribution in [0.1, 0.15) is 38.5 Å². The number of nitrogens with zero attached hydrogens (tertiary/aromatic N) is 1. The minimum atomic E-state index is 0. The molecule has 1 saturated carbocycles. The second kappa shape index (κ2) is 12.6. The largest absolute Gasteiger partial charge is 0.354 e. The quantitative estimate of drug-likeness (QED) is 0.737. The Morgan fingerprint density at radius 2 is 1.96 bits per heavy atom. The predicted octanol–water partition coefficient (Wildman–Crippen LogP) is 2.55. The Morgan fingerprint density at radius 3 is 2.52 bits per heavy atom. The van der Waals surface area contributed by atoms with Gasteiger partial charge in [-0.3, -0.25) is 4.79 Å². The van der Waals surface area contributed by atoms with E-state index in [1.54, 1.807) is 0 Å². The highest BCUT2D eigenvalue weighted by atomic mass is 35.5. The molecule has 1 saturated heterocycles. The molecule has 1 amide bonds. The van der Waals surface area contributed by atoms with Crippen LogP contribution < -0.4 is 10.6 Å². The fourth-order valence-electron chi connectivity index (χ4n) is 3.56. The molecule has 1 aliphatic carbocycles. The highest BCUT2D eigenvalue weighted by molar-refractivity contribution is 7.99. The number of halogens is 2. The molecule has 1 heterocycles. The topological polar surface area (TPSA) is 44.4 Å². The molecule has 2 rings (SSSR count). The molecule has 2 aliphatic rings. The van der Waals surface area contributed by atoms with Crippen molar-refractivity contribution in [3.8, 4) is 0 Å². The van der Waals surface area contributed by atoms with E-state index in [2.05, 4.69) is 29.6 Å². The summed E-state index contributed by atoms with van der Waals surface area (Å²) in [6.45, 7) is 1.83. The lowest BCUT2D eigenvalue weighted by atomic mass is 9.83. The molecule has 0 radical (unpaired) electrons. The molecule has 2 N–H and O–H groups in total. The van der Waals surface area contributed by atoms with E-state index in [9.17, 15) is 4.79 Å². The molecular weight excluding hydrogens is 353 g/mol. The van der Waals surface area contributed by atoms with Crippen LogP contribution in [0, 0.1) is 5.92 Å². The van der Waals surface area contributed by atoms with Gasteiger partial charge in [0.1, 0.15) is 0 Å². The Kier molecular flexibility index (Phi) is 12.8. The van der Waals surface area contributed by atoms with E-state index >= 15 is 0 Å². The molecule has 2 fully saturated rings. The zero-order valence-electron chi connectivity index (χ0n) is 14.4. The molecule has 0 aromatic rings. The number of carbonyl (C=O) groups excluding carboxylic acids is 1. The standard InChI is InChI=1S/C16H31N3OS.2ClH/c1-19(2)15(13-6-4-3-5-7-13)11-18-16(20)10-14-12-21-9-8-17-14;;/h13-15,17H,3-12H2,1-2H3,(H,18,20);2*1H. The van der Waals surface area contributed by atoms with E-state index in [1.807, 2.05) is 11.8 Å². The molecular formula is C16H33Cl2N3OS. The van der Waals surface area contributed by atoms with E-state index in [4.69, 9.17) is 0 Å². The maximum atomic E-state index is 12.1. The summed E-state index contributed by atoms with van der Waals surface area (Å²) in [5.41, 5.74) is 0. The lowest BCUT2D eigenvalue weighted by Crippen LogP contribution is -2.47. The summed E-state index contributed by atoms with van der Waals surface area (Å²) in [5, 5.41) is 6.61. The summed E-state index contributed by atoms with van der Waals surface area (Å²) in [4.78, 5) is 14.4.